The van der Waals surface area contributed by atoms with Crippen molar-refractivity contribution in [3.63, 3.8) is 0 Å². The van der Waals surface area contributed by atoms with Gasteiger partial charge < -0.3 is 15.9 Å². The molecular formula is C8H7Cl2NO3. The van der Waals surface area contributed by atoms with Crippen molar-refractivity contribution in [3.05, 3.63) is 21.2 Å². The van der Waals surface area contributed by atoms with Crippen LogP contribution in [0.5, 0.6) is 5.75 Å². The molecule has 0 unspecified atom stereocenters. The summed E-state index contributed by atoms with van der Waals surface area (Å²) in [5.41, 5.74) is 4.99. The molecule has 0 fully saturated rings. The van der Waals surface area contributed by atoms with Gasteiger partial charge in [-0.1, -0.05) is 23.2 Å². The minimum Gasteiger partial charge on any atom is -0.504 e. The van der Waals surface area contributed by atoms with Crippen LogP contribution in [0.3, 0.4) is 0 Å². The maximum atomic E-state index is 10.7. The number of aromatic carboxylic acids is 1. The summed E-state index contributed by atoms with van der Waals surface area (Å²) in [4.78, 5) is 10.7. The van der Waals surface area contributed by atoms with E-state index in [2.05, 4.69) is 0 Å². The molecular weight excluding hydrogens is 229 g/mol. The van der Waals surface area contributed by atoms with E-state index in [1.54, 1.807) is 0 Å². The summed E-state index contributed by atoms with van der Waals surface area (Å²) in [6, 6.07) is 0. The number of hydrogen-bond donors (Lipinski definition) is 3. The molecule has 6 heteroatoms. The molecule has 1 rings (SSSR count). The zero-order chi connectivity index (χ0) is 11.0. The van der Waals surface area contributed by atoms with Gasteiger partial charge in [-0.05, 0) is 12.5 Å². The van der Waals surface area contributed by atoms with Gasteiger partial charge in [-0.3, -0.25) is 0 Å². The van der Waals surface area contributed by atoms with Crippen LogP contribution in [0.25, 0.3) is 0 Å². The van der Waals surface area contributed by atoms with Gasteiger partial charge in [0.25, 0.3) is 0 Å². The SMILES string of the molecule is Cc1c(Cl)c(O)c(N)c(C(=O)O)c1Cl. The Morgan fingerprint density at radius 1 is 1.36 bits per heavy atom. The summed E-state index contributed by atoms with van der Waals surface area (Å²) in [5.74, 6) is -1.76. The van der Waals surface area contributed by atoms with Crippen LogP contribution in [0, 0.1) is 6.92 Å². The summed E-state index contributed by atoms with van der Waals surface area (Å²) in [6.45, 7) is 1.50. The van der Waals surface area contributed by atoms with Crippen molar-refractivity contribution < 1.29 is 15.0 Å². The molecule has 0 saturated carbocycles. The van der Waals surface area contributed by atoms with Crippen molar-refractivity contribution in [3.8, 4) is 5.75 Å². The summed E-state index contributed by atoms with van der Waals surface area (Å²) in [6.07, 6.45) is 0. The number of aromatic hydroxyl groups is 1. The molecule has 1 aromatic carbocycles. The Balaban J connectivity index is 3.68. The molecule has 0 atom stereocenters. The van der Waals surface area contributed by atoms with E-state index in [-0.39, 0.29) is 26.9 Å². The topological polar surface area (TPSA) is 83.5 Å². The van der Waals surface area contributed by atoms with Gasteiger partial charge in [0.2, 0.25) is 0 Å². The lowest BCUT2D eigenvalue weighted by Crippen LogP contribution is -2.05. The van der Waals surface area contributed by atoms with Crippen LogP contribution in [-0.4, -0.2) is 16.2 Å². The first kappa shape index (κ1) is 10.9. The van der Waals surface area contributed by atoms with Gasteiger partial charge in [-0.15, -0.1) is 0 Å². The molecule has 0 heterocycles. The molecule has 0 spiro atoms. The molecule has 0 radical (unpaired) electrons. The zero-order valence-electron chi connectivity index (χ0n) is 7.14. The fourth-order valence-electron chi connectivity index (χ4n) is 1.03. The highest BCUT2D eigenvalue weighted by molar-refractivity contribution is 6.39. The third-order valence-electron chi connectivity index (χ3n) is 1.82. The largest absolute Gasteiger partial charge is 0.504 e. The number of phenols is 1. The van der Waals surface area contributed by atoms with E-state index in [0.29, 0.717) is 0 Å². The van der Waals surface area contributed by atoms with Gasteiger partial charge in [0.15, 0.2) is 5.75 Å². The van der Waals surface area contributed by atoms with Crippen LogP contribution >= 0.6 is 23.2 Å². The number of nitrogens with two attached hydrogens (primary N) is 1. The van der Waals surface area contributed by atoms with Crippen LogP contribution in [0.2, 0.25) is 10.0 Å². The number of rotatable bonds is 1. The molecule has 0 bridgehead atoms. The van der Waals surface area contributed by atoms with E-state index in [4.69, 9.17) is 34.0 Å². The second kappa shape index (κ2) is 3.55. The fraction of sp³-hybridized carbons (Fsp3) is 0.125. The molecule has 1 aromatic rings. The van der Waals surface area contributed by atoms with E-state index in [1.165, 1.54) is 6.92 Å². The molecule has 0 saturated heterocycles. The smallest absolute Gasteiger partial charge is 0.339 e. The first-order valence-electron chi connectivity index (χ1n) is 3.57. The second-order valence-electron chi connectivity index (χ2n) is 2.70. The highest BCUT2D eigenvalue weighted by atomic mass is 35.5. The van der Waals surface area contributed by atoms with Crippen molar-refractivity contribution in [2.45, 2.75) is 6.92 Å². The Labute approximate surface area is 89.9 Å². The molecule has 0 amide bonds. The number of nitrogen functional groups attached to an aromatic ring is 1. The van der Waals surface area contributed by atoms with Gasteiger partial charge in [0.1, 0.15) is 5.56 Å². The Kier molecular flexibility index (Phi) is 2.78. The summed E-state index contributed by atoms with van der Waals surface area (Å²) >= 11 is 11.4. The van der Waals surface area contributed by atoms with Crippen molar-refractivity contribution >= 4 is 34.9 Å². The molecule has 4 nitrogen and oxygen atoms in total. The van der Waals surface area contributed by atoms with Crippen molar-refractivity contribution in [1.29, 1.82) is 0 Å². The third-order valence-corrected chi connectivity index (χ3v) is 2.76. The predicted octanol–water partition coefficient (Wildman–Crippen LogP) is 2.29. The number of phenolic OH excluding ortho intramolecular Hbond substituents is 1. The van der Waals surface area contributed by atoms with E-state index >= 15 is 0 Å². The molecule has 0 aromatic heterocycles. The van der Waals surface area contributed by atoms with Gasteiger partial charge in [-0.2, -0.15) is 0 Å². The van der Waals surface area contributed by atoms with Gasteiger partial charge in [0.05, 0.1) is 15.7 Å². The van der Waals surface area contributed by atoms with Gasteiger partial charge in [0, 0.05) is 0 Å². The van der Waals surface area contributed by atoms with Crippen LogP contribution < -0.4 is 5.73 Å². The molecule has 0 aliphatic heterocycles. The Hall–Kier alpha value is -1.13. The summed E-state index contributed by atoms with van der Waals surface area (Å²) in [5, 5.41) is 18.0. The first-order chi connectivity index (χ1) is 6.37. The molecule has 4 N–H and O–H groups in total. The van der Waals surface area contributed by atoms with Crippen LogP contribution in [0.15, 0.2) is 0 Å². The van der Waals surface area contributed by atoms with Gasteiger partial charge >= 0.3 is 5.97 Å². The van der Waals surface area contributed by atoms with Crippen molar-refractivity contribution in [2.75, 3.05) is 5.73 Å². The van der Waals surface area contributed by atoms with Crippen LogP contribution in [-0.2, 0) is 0 Å². The zero-order valence-corrected chi connectivity index (χ0v) is 8.65. The minimum absolute atomic E-state index is 0.0301. The quantitative estimate of drug-likeness (QED) is 0.515. The number of halogens is 2. The molecule has 0 aliphatic rings. The van der Waals surface area contributed by atoms with E-state index in [0.717, 1.165) is 0 Å². The van der Waals surface area contributed by atoms with Crippen molar-refractivity contribution in [2.24, 2.45) is 0 Å². The van der Waals surface area contributed by atoms with E-state index < -0.39 is 11.7 Å². The van der Waals surface area contributed by atoms with E-state index in [9.17, 15) is 9.90 Å². The monoisotopic (exact) mass is 235 g/mol. The summed E-state index contributed by atoms with van der Waals surface area (Å²) in [7, 11) is 0. The number of hydrogen-bond acceptors (Lipinski definition) is 3. The maximum absolute atomic E-state index is 10.7. The molecule has 76 valence electrons. The van der Waals surface area contributed by atoms with E-state index in [1.807, 2.05) is 0 Å². The number of benzene rings is 1. The Bertz CT molecular complexity index is 389. The van der Waals surface area contributed by atoms with Crippen LogP contribution in [0.4, 0.5) is 5.69 Å². The second-order valence-corrected chi connectivity index (χ2v) is 3.45. The first-order valence-corrected chi connectivity index (χ1v) is 4.32. The predicted molar refractivity (Wildman–Crippen MR) is 54.2 cm³/mol. The number of carboxylic acids is 1. The standard InChI is InChI=1S/C8H7Cl2NO3/c1-2-4(9)3(8(13)14)6(11)7(12)5(2)10/h12H,11H2,1H3,(H,13,14). The number of carboxylic acid groups (broad SMARTS) is 1. The summed E-state index contributed by atoms with van der Waals surface area (Å²) < 4.78 is 0. The molecule has 0 aliphatic carbocycles. The lowest BCUT2D eigenvalue weighted by Gasteiger charge is -2.10. The average molecular weight is 236 g/mol. The minimum atomic E-state index is -1.30. The highest BCUT2D eigenvalue weighted by Gasteiger charge is 2.22. The molecule has 14 heavy (non-hydrogen) atoms. The maximum Gasteiger partial charge on any atom is 0.339 e. The lowest BCUT2D eigenvalue weighted by atomic mass is 10.1. The third kappa shape index (κ3) is 1.47. The number of carbonyl (C=O) groups is 1. The fourth-order valence-corrected chi connectivity index (χ4v) is 1.55. The lowest BCUT2D eigenvalue weighted by molar-refractivity contribution is 0.0698. The highest BCUT2D eigenvalue weighted by Crippen LogP contribution is 2.40. The number of anilines is 1. The van der Waals surface area contributed by atoms with Crippen LogP contribution in [0.1, 0.15) is 15.9 Å². The Morgan fingerprint density at radius 3 is 2.29 bits per heavy atom. The Morgan fingerprint density at radius 2 is 1.86 bits per heavy atom. The normalized spacial score (nSPS) is 10.2. The van der Waals surface area contributed by atoms with Crippen molar-refractivity contribution in [1.82, 2.24) is 0 Å². The average Bonchev–Trinajstić information content (AvgIpc) is 2.11. The van der Waals surface area contributed by atoms with Gasteiger partial charge in [-0.25, -0.2) is 4.79 Å².